The molecule has 0 aromatic heterocycles. The van der Waals surface area contributed by atoms with Crippen LogP contribution in [0, 0.1) is 0 Å². The van der Waals surface area contributed by atoms with Crippen molar-refractivity contribution in [2.24, 2.45) is 10.2 Å². The number of nitrogens with zero attached hydrogens (tertiary/aromatic N) is 2. The van der Waals surface area contributed by atoms with Gasteiger partial charge in [-0.2, -0.15) is 10.2 Å². The monoisotopic (exact) mass is 368 g/mol. The Balaban J connectivity index is 2.10. The van der Waals surface area contributed by atoms with Gasteiger partial charge in [-0.05, 0) is 53.9 Å². The molecule has 0 saturated carbocycles. The molecule has 0 aliphatic rings. The normalized spacial score (nSPS) is 11.1. The molecule has 140 valence electrons. The van der Waals surface area contributed by atoms with Gasteiger partial charge in [0.25, 0.3) is 0 Å². The van der Waals surface area contributed by atoms with Crippen molar-refractivity contribution in [2.45, 2.75) is 19.8 Å². The highest BCUT2D eigenvalue weighted by molar-refractivity contribution is 5.95. The van der Waals surface area contributed by atoms with Gasteiger partial charge in [0.15, 0.2) is 0 Å². The van der Waals surface area contributed by atoms with Crippen molar-refractivity contribution in [1.82, 2.24) is 0 Å². The summed E-state index contributed by atoms with van der Waals surface area (Å²) >= 11 is 0. The van der Waals surface area contributed by atoms with Gasteiger partial charge in [0.05, 0.1) is 19.0 Å². The number of carbonyl (C=O) groups is 2. The Labute approximate surface area is 156 Å². The summed E-state index contributed by atoms with van der Waals surface area (Å²) in [7, 11) is 0. The average molecular weight is 368 g/mol. The van der Waals surface area contributed by atoms with E-state index in [1.807, 2.05) is 6.92 Å². The van der Waals surface area contributed by atoms with E-state index in [9.17, 15) is 19.8 Å². The van der Waals surface area contributed by atoms with Gasteiger partial charge in [0, 0.05) is 12.0 Å². The lowest BCUT2D eigenvalue weighted by molar-refractivity contribution is -0.107. The van der Waals surface area contributed by atoms with E-state index >= 15 is 0 Å². The summed E-state index contributed by atoms with van der Waals surface area (Å²) in [6, 6.07) is 9.22. The summed E-state index contributed by atoms with van der Waals surface area (Å²) in [5, 5.41) is 27.3. The van der Waals surface area contributed by atoms with E-state index in [4.69, 9.17) is 4.74 Å². The van der Waals surface area contributed by atoms with E-state index in [-0.39, 0.29) is 30.1 Å². The van der Waals surface area contributed by atoms with Crippen LogP contribution in [0.5, 0.6) is 11.5 Å². The maximum absolute atomic E-state index is 11.9. The molecule has 0 heterocycles. The van der Waals surface area contributed by atoms with Crippen LogP contribution in [-0.2, 0) is 16.0 Å². The predicted molar refractivity (Wildman–Crippen MR) is 102 cm³/mol. The highest BCUT2D eigenvalue weighted by Gasteiger charge is 2.12. The first-order valence-corrected chi connectivity index (χ1v) is 8.37. The number of carbonyl (C=O) groups excluding carboxylic acids is 2. The minimum absolute atomic E-state index is 0.0503. The molecule has 0 aliphatic heterocycles. The Bertz CT molecular complexity index is 875. The first-order valence-electron chi connectivity index (χ1n) is 8.37. The van der Waals surface area contributed by atoms with Crippen molar-refractivity contribution < 1.29 is 24.5 Å². The standard InChI is InChI=1S/C20H20N2O5/c1-2-9-27-20(26)17-11-15(4-6-19(17)25)13-22-21-12-14-3-5-18(24)16(10-14)7-8-23/h3-6,8,10-13,24-25H,2,7,9H2,1H3/b21-12+,22-13+. The lowest BCUT2D eigenvalue weighted by Crippen LogP contribution is -2.06. The van der Waals surface area contributed by atoms with Crippen LogP contribution in [0.1, 0.15) is 40.4 Å². The van der Waals surface area contributed by atoms with Gasteiger partial charge in [-0.1, -0.05) is 6.92 Å². The van der Waals surface area contributed by atoms with Crippen LogP contribution in [0.4, 0.5) is 0 Å². The highest BCUT2D eigenvalue weighted by Crippen LogP contribution is 2.19. The largest absolute Gasteiger partial charge is 0.508 e. The molecule has 0 saturated heterocycles. The van der Waals surface area contributed by atoms with Crippen molar-refractivity contribution in [3.63, 3.8) is 0 Å². The Kier molecular flexibility index (Phi) is 7.25. The van der Waals surface area contributed by atoms with Crippen molar-refractivity contribution in [2.75, 3.05) is 6.61 Å². The molecule has 0 fully saturated rings. The van der Waals surface area contributed by atoms with Crippen molar-refractivity contribution in [3.8, 4) is 11.5 Å². The molecule has 2 aromatic rings. The third-order valence-corrected chi connectivity index (χ3v) is 3.56. The summed E-state index contributed by atoms with van der Waals surface area (Å²) in [6.07, 6.45) is 4.41. The molecule has 0 bridgehead atoms. The Morgan fingerprint density at radius 1 is 1.04 bits per heavy atom. The molecule has 7 heteroatoms. The number of aromatic hydroxyl groups is 2. The smallest absolute Gasteiger partial charge is 0.341 e. The number of hydrogen-bond donors (Lipinski definition) is 2. The van der Waals surface area contributed by atoms with Gasteiger partial charge >= 0.3 is 5.97 Å². The fourth-order valence-corrected chi connectivity index (χ4v) is 2.21. The topological polar surface area (TPSA) is 109 Å². The third-order valence-electron chi connectivity index (χ3n) is 3.56. The zero-order valence-electron chi connectivity index (χ0n) is 14.8. The van der Waals surface area contributed by atoms with Crippen LogP contribution in [-0.4, -0.2) is 41.5 Å². The zero-order valence-corrected chi connectivity index (χ0v) is 14.8. The van der Waals surface area contributed by atoms with Crippen molar-refractivity contribution >= 4 is 24.7 Å². The quantitative estimate of drug-likeness (QED) is 0.322. The highest BCUT2D eigenvalue weighted by atomic mass is 16.5. The molecular weight excluding hydrogens is 348 g/mol. The van der Waals surface area contributed by atoms with Gasteiger partial charge in [-0.25, -0.2) is 4.79 Å². The van der Waals surface area contributed by atoms with E-state index in [1.165, 1.54) is 30.6 Å². The molecule has 0 spiro atoms. The second-order valence-corrected chi connectivity index (χ2v) is 5.66. The third kappa shape index (κ3) is 5.78. The summed E-state index contributed by atoms with van der Waals surface area (Å²) in [5.41, 5.74) is 1.82. The van der Waals surface area contributed by atoms with Gasteiger partial charge in [-0.15, -0.1) is 0 Å². The van der Waals surface area contributed by atoms with Crippen LogP contribution in [0.25, 0.3) is 0 Å². The number of phenolic OH excluding ortho intramolecular Hbond substituents is 2. The summed E-state index contributed by atoms with van der Waals surface area (Å²) in [5.74, 6) is -0.710. The summed E-state index contributed by atoms with van der Waals surface area (Å²) < 4.78 is 5.02. The molecule has 2 rings (SSSR count). The molecule has 0 atom stereocenters. The second-order valence-electron chi connectivity index (χ2n) is 5.66. The SMILES string of the molecule is CCCOC(=O)c1cc(/C=N/N=C/c2ccc(O)c(CC=O)c2)ccc1O. The molecular formula is C20H20N2O5. The summed E-state index contributed by atoms with van der Waals surface area (Å²) in [4.78, 5) is 22.5. The van der Waals surface area contributed by atoms with E-state index in [2.05, 4.69) is 10.2 Å². The molecule has 2 aromatic carbocycles. The fraction of sp³-hybridized carbons (Fsp3) is 0.200. The van der Waals surface area contributed by atoms with Crippen LogP contribution in [0.15, 0.2) is 46.6 Å². The lowest BCUT2D eigenvalue weighted by Gasteiger charge is -2.05. The number of esters is 1. The van der Waals surface area contributed by atoms with Crippen LogP contribution in [0.3, 0.4) is 0 Å². The number of phenols is 2. The van der Waals surface area contributed by atoms with Crippen LogP contribution in [0.2, 0.25) is 0 Å². The fourth-order valence-electron chi connectivity index (χ4n) is 2.21. The lowest BCUT2D eigenvalue weighted by atomic mass is 10.1. The van der Waals surface area contributed by atoms with Gasteiger partial charge < -0.3 is 19.7 Å². The van der Waals surface area contributed by atoms with Gasteiger partial charge in [0.1, 0.15) is 23.3 Å². The maximum Gasteiger partial charge on any atom is 0.341 e. The molecule has 7 nitrogen and oxygen atoms in total. The van der Waals surface area contributed by atoms with E-state index in [0.29, 0.717) is 29.4 Å². The number of rotatable bonds is 8. The number of benzene rings is 2. The Morgan fingerprint density at radius 3 is 2.30 bits per heavy atom. The van der Waals surface area contributed by atoms with Gasteiger partial charge in [0.2, 0.25) is 0 Å². The van der Waals surface area contributed by atoms with Gasteiger partial charge in [-0.3, -0.25) is 0 Å². The van der Waals surface area contributed by atoms with Crippen molar-refractivity contribution in [1.29, 1.82) is 0 Å². The molecule has 0 aliphatic carbocycles. The Morgan fingerprint density at radius 2 is 1.67 bits per heavy atom. The van der Waals surface area contributed by atoms with E-state index in [1.54, 1.807) is 18.2 Å². The first-order chi connectivity index (χ1) is 13.0. The number of aldehydes is 1. The number of hydrogen-bond acceptors (Lipinski definition) is 7. The van der Waals surface area contributed by atoms with Crippen LogP contribution < -0.4 is 0 Å². The first kappa shape index (κ1) is 19.8. The summed E-state index contributed by atoms with van der Waals surface area (Å²) in [6.45, 7) is 2.16. The van der Waals surface area contributed by atoms with Crippen LogP contribution >= 0.6 is 0 Å². The zero-order chi connectivity index (χ0) is 19.6. The van der Waals surface area contributed by atoms with E-state index < -0.39 is 5.97 Å². The van der Waals surface area contributed by atoms with Crippen molar-refractivity contribution in [3.05, 3.63) is 58.7 Å². The molecule has 0 unspecified atom stereocenters. The average Bonchev–Trinajstić information content (AvgIpc) is 2.67. The number of ether oxygens (including phenoxy) is 1. The Hall–Kier alpha value is -3.48. The van der Waals surface area contributed by atoms with E-state index in [0.717, 1.165) is 0 Å². The second kappa shape index (κ2) is 9.86. The predicted octanol–water partition coefficient (Wildman–Crippen LogP) is 2.86. The molecule has 0 amide bonds. The maximum atomic E-state index is 11.9. The molecule has 27 heavy (non-hydrogen) atoms. The minimum atomic E-state index is -0.597. The molecule has 0 radical (unpaired) electrons. The molecule has 2 N–H and O–H groups in total. The minimum Gasteiger partial charge on any atom is -0.508 e.